The molecule has 0 heterocycles. The summed E-state index contributed by atoms with van der Waals surface area (Å²) in [5, 5.41) is 6.11. The van der Waals surface area contributed by atoms with Gasteiger partial charge >= 0.3 is 0 Å². The first-order valence-electron chi connectivity index (χ1n) is 10.4. The Bertz CT molecular complexity index is 1210. The Morgan fingerprint density at radius 3 is 1.53 bits per heavy atom. The molecule has 0 N–H and O–H groups in total. The lowest BCUT2D eigenvalue weighted by molar-refractivity contribution is 0.0980. The number of hydrogen-bond donors (Lipinski definition) is 0. The number of hydrazone groups is 1. The molecule has 0 spiro atoms. The van der Waals surface area contributed by atoms with Crippen molar-refractivity contribution in [1.29, 1.82) is 0 Å². The number of para-hydroxylation sites is 1. The van der Waals surface area contributed by atoms with Crippen LogP contribution in [-0.4, -0.2) is 17.4 Å². The van der Waals surface area contributed by atoms with Gasteiger partial charge in [-0.2, -0.15) is 10.1 Å². The monoisotopic (exact) mass is 418 g/mol. The number of ketones is 1. The van der Waals surface area contributed by atoms with Crippen LogP contribution < -0.4 is 5.01 Å². The highest BCUT2D eigenvalue weighted by atomic mass is 16.2. The first-order valence-corrected chi connectivity index (χ1v) is 10.4. The molecule has 0 aromatic heterocycles. The molecule has 4 nitrogen and oxygen atoms in total. The zero-order valence-electron chi connectivity index (χ0n) is 17.5. The van der Waals surface area contributed by atoms with Crippen LogP contribution in [0.15, 0.2) is 126 Å². The maximum absolute atomic E-state index is 13.4. The topological polar surface area (TPSA) is 49.7 Å². The van der Waals surface area contributed by atoms with Crippen molar-refractivity contribution in [3.63, 3.8) is 0 Å². The summed E-state index contributed by atoms with van der Waals surface area (Å²) in [6, 6.07) is 36.9. The standard InChI is InChI=1S/C28H22N2O2/c31-27(23-15-7-2-8-16-23)21-26(22-13-5-1-6-14-22)29-30(25-19-11-4-12-20-25)28(32)24-17-9-3-10-18-24/h1-20H,21H2. The Morgan fingerprint density at radius 1 is 0.562 bits per heavy atom. The zero-order valence-corrected chi connectivity index (χ0v) is 17.5. The van der Waals surface area contributed by atoms with Gasteiger partial charge in [-0.15, -0.1) is 0 Å². The minimum atomic E-state index is -0.266. The van der Waals surface area contributed by atoms with Gasteiger partial charge in [0, 0.05) is 11.1 Å². The van der Waals surface area contributed by atoms with E-state index in [0.29, 0.717) is 22.5 Å². The van der Waals surface area contributed by atoms with E-state index in [0.717, 1.165) is 5.56 Å². The Hall–Kier alpha value is -4.31. The SMILES string of the molecule is O=C(CC(=NN(C(=O)c1ccccc1)c1ccccc1)c1ccccc1)c1ccccc1. The van der Waals surface area contributed by atoms with Crippen molar-refractivity contribution in [3.8, 4) is 0 Å². The molecular weight excluding hydrogens is 396 g/mol. The van der Waals surface area contributed by atoms with Gasteiger partial charge in [0.1, 0.15) is 0 Å². The van der Waals surface area contributed by atoms with Crippen LogP contribution in [0, 0.1) is 0 Å². The summed E-state index contributed by atoms with van der Waals surface area (Å²) in [7, 11) is 0. The number of nitrogens with zero attached hydrogens (tertiary/aromatic N) is 2. The van der Waals surface area contributed by atoms with E-state index in [4.69, 9.17) is 5.10 Å². The zero-order chi connectivity index (χ0) is 22.2. The van der Waals surface area contributed by atoms with Gasteiger partial charge in [-0.25, -0.2) is 0 Å². The number of benzene rings is 4. The van der Waals surface area contributed by atoms with E-state index >= 15 is 0 Å². The third kappa shape index (κ3) is 5.05. The smallest absolute Gasteiger partial charge is 0.278 e. The fraction of sp³-hybridized carbons (Fsp3) is 0.0357. The molecule has 0 saturated heterocycles. The molecule has 4 aromatic carbocycles. The fourth-order valence-corrected chi connectivity index (χ4v) is 3.32. The van der Waals surface area contributed by atoms with Crippen LogP contribution in [-0.2, 0) is 0 Å². The molecule has 1 amide bonds. The molecule has 32 heavy (non-hydrogen) atoms. The lowest BCUT2D eigenvalue weighted by atomic mass is 10.0. The summed E-state index contributed by atoms with van der Waals surface area (Å²) < 4.78 is 0. The fourth-order valence-electron chi connectivity index (χ4n) is 3.32. The third-order valence-electron chi connectivity index (χ3n) is 4.97. The minimum Gasteiger partial charge on any atom is -0.294 e. The molecule has 0 saturated carbocycles. The molecule has 156 valence electrons. The van der Waals surface area contributed by atoms with Gasteiger partial charge in [-0.05, 0) is 29.8 Å². The number of anilines is 1. The molecule has 0 bridgehead atoms. The maximum atomic E-state index is 13.4. The number of carbonyl (C=O) groups is 2. The predicted octanol–water partition coefficient (Wildman–Crippen LogP) is 6.01. The highest BCUT2D eigenvalue weighted by Gasteiger charge is 2.20. The number of carbonyl (C=O) groups excluding carboxylic acids is 2. The molecule has 4 heteroatoms. The van der Waals surface area contributed by atoms with Crippen LogP contribution in [0.2, 0.25) is 0 Å². The van der Waals surface area contributed by atoms with Crippen molar-refractivity contribution in [3.05, 3.63) is 138 Å². The van der Waals surface area contributed by atoms with Crippen LogP contribution >= 0.6 is 0 Å². The van der Waals surface area contributed by atoms with Gasteiger partial charge in [0.15, 0.2) is 5.78 Å². The lowest BCUT2D eigenvalue weighted by Crippen LogP contribution is -2.28. The molecule has 0 aliphatic rings. The Balaban J connectivity index is 1.78. The largest absolute Gasteiger partial charge is 0.294 e. The first-order chi connectivity index (χ1) is 15.7. The second-order valence-electron chi connectivity index (χ2n) is 7.20. The van der Waals surface area contributed by atoms with Crippen molar-refractivity contribution in [2.45, 2.75) is 6.42 Å². The second-order valence-corrected chi connectivity index (χ2v) is 7.20. The van der Waals surface area contributed by atoms with E-state index in [1.807, 2.05) is 97.1 Å². The molecule has 0 fully saturated rings. The van der Waals surface area contributed by atoms with E-state index in [9.17, 15) is 9.59 Å². The summed E-state index contributed by atoms with van der Waals surface area (Å²) in [4.78, 5) is 26.4. The summed E-state index contributed by atoms with van der Waals surface area (Å²) in [5.74, 6) is -0.328. The first kappa shape index (κ1) is 20.9. The number of rotatable bonds is 7. The second kappa shape index (κ2) is 10.1. The van der Waals surface area contributed by atoms with Gasteiger partial charge in [0.2, 0.25) is 0 Å². The maximum Gasteiger partial charge on any atom is 0.278 e. The Kier molecular flexibility index (Phi) is 6.63. The average Bonchev–Trinajstić information content (AvgIpc) is 2.88. The van der Waals surface area contributed by atoms with Crippen LogP contribution in [0.5, 0.6) is 0 Å². The number of Topliss-reactive ketones (excluding diaryl/α,β-unsaturated/α-hetero) is 1. The van der Waals surface area contributed by atoms with E-state index in [1.54, 1.807) is 24.3 Å². The van der Waals surface area contributed by atoms with Gasteiger partial charge in [0.25, 0.3) is 5.91 Å². The van der Waals surface area contributed by atoms with Crippen molar-refractivity contribution >= 4 is 23.1 Å². The van der Waals surface area contributed by atoms with Gasteiger partial charge in [0.05, 0.1) is 17.8 Å². The summed E-state index contributed by atoms with van der Waals surface area (Å²) in [6.07, 6.45) is 0.0689. The van der Waals surface area contributed by atoms with E-state index in [2.05, 4.69) is 0 Å². The van der Waals surface area contributed by atoms with Crippen LogP contribution in [0.4, 0.5) is 5.69 Å². The predicted molar refractivity (Wildman–Crippen MR) is 128 cm³/mol. The van der Waals surface area contributed by atoms with E-state index in [-0.39, 0.29) is 18.1 Å². The summed E-state index contributed by atoms with van der Waals surface area (Å²) in [5.41, 5.74) is 3.06. The van der Waals surface area contributed by atoms with Crippen LogP contribution in [0.25, 0.3) is 0 Å². The minimum absolute atomic E-state index is 0.0617. The third-order valence-corrected chi connectivity index (χ3v) is 4.97. The van der Waals surface area contributed by atoms with Crippen LogP contribution in [0.3, 0.4) is 0 Å². The van der Waals surface area contributed by atoms with E-state index < -0.39 is 0 Å². The molecule has 0 atom stereocenters. The number of amides is 1. The summed E-state index contributed by atoms with van der Waals surface area (Å²) in [6.45, 7) is 0. The van der Waals surface area contributed by atoms with Crippen LogP contribution in [0.1, 0.15) is 32.7 Å². The van der Waals surface area contributed by atoms with Gasteiger partial charge in [-0.1, -0.05) is 97.1 Å². The van der Waals surface area contributed by atoms with E-state index in [1.165, 1.54) is 5.01 Å². The summed E-state index contributed by atoms with van der Waals surface area (Å²) >= 11 is 0. The Morgan fingerprint density at radius 2 is 1.00 bits per heavy atom. The lowest BCUT2D eigenvalue weighted by Gasteiger charge is -2.20. The Labute approximate surface area is 187 Å². The van der Waals surface area contributed by atoms with Crippen molar-refractivity contribution in [2.75, 3.05) is 5.01 Å². The molecule has 0 radical (unpaired) electrons. The normalized spacial score (nSPS) is 11.1. The molecule has 0 aliphatic heterocycles. The van der Waals surface area contributed by atoms with Gasteiger partial charge in [-0.3, -0.25) is 9.59 Å². The quantitative estimate of drug-likeness (QED) is 0.210. The van der Waals surface area contributed by atoms with Gasteiger partial charge < -0.3 is 0 Å². The molecule has 0 aliphatic carbocycles. The van der Waals surface area contributed by atoms with Crippen molar-refractivity contribution < 1.29 is 9.59 Å². The highest BCUT2D eigenvalue weighted by Crippen LogP contribution is 2.20. The molecule has 0 unspecified atom stereocenters. The average molecular weight is 418 g/mol. The van der Waals surface area contributed by atoms with Crippen molar-refractivity contribution in [1.82, 2.24) is 0 Å². The van der Waals surface area contributed by atoms with Crippen molar-refractivity contribution in [2.24, 2.45) is 5.10 Å². The molecular formula is C28H22N2O2. The number of hydrogen-bond acceptors (Lipinski definition) is 3. The highest BCUT2D eigenvalue weighted by molar-refractivity contribution is 6.17. The molecule has 4 aromatic rings. The molecule has 4 rings (SSSR count).